The van der Waals surface area contributed by atoms with Crippen LogP contribution in [0.5, 0.6) is 17.2 Å². The van der Waals surface area contributed by atoms with Crippen molar-refractivity contribution in [3.8, 4) is 17.2 Å². The number of fused-ring (bicyclic) bond motifs is 1. The van der Waals surface area contributed by atoms with E-state index in [-0.39, 0.29) is 11.5 Å². The van der Waals surface area contributed by atoms with Gasteiger partial charge in [0, 0.05) is 16.1 Å². The van der Waals surface area contributed by atoms with E-state index in [1.807, 2.05) is 47.8 Å². The van der Waals surface area contributed by atoms with Crippen molar-refractivity contribution in [1.29, 1.82) is 0 Å². The molecule has 0 saturated carbocycles. The van der Waals surface area contributed by atoms with Gasteiger partial charge in [-0.05, 0) is 48.7 Å². The summed E-state index contributed by atoms with van der Waals surface area (Å²) < 4.78 is 18.5. The quantitative estimate of drug-likeness (QED) is 0.378. The van der Waals surface area contributed by atoms with Crippen molar-refractivity contribution < 1.29 is 19.0 Å². The normalized spacial score (nSPS) is 15.1. The van der Waals surface area contributed by atoms with Crippen LogP contribution in [0.1, 0.15) is 23.4 Å². The Morgan fingerprint density at radius 1 is 1.00 bits per heavy atom. The number of thiazole rings is 1. The summed E-state index contributed by atoms with van der Waals surface area (Å²) in [7, 11) is 4.62. The third-order valence-electron chi connectivity index (χ3n) is 6.13. The van der Waals surface area contributed by atoms with Crippen molar-refractivity contribution in [2.24, 2.45) is 4.99 Å². The van der Waals surface area contributed by atoms with Crippen molar-refractivity contribution in [2.45, 2.75) is 13.0 Å². The minimum absolute atomic E-state index is 0.249. The molecule has 0 fully saturated rings. The van der Waals surface area contributed by atoms with Crippen molar-refractivity contribution in [2.75, 3.05) is 26.6 Å². The second-order valence-corrected chi connectivity index (χ2v) is 10.3. The maximum absolute atomic E-state index is 13.9. The van der Waals surface area contributed by atoms with Gasteiger partial charge in [-0.3, -0.25) is 14.2 Å². The molecule has 1 aliphatic heterocycles. The molecule has 5 rings (SSSR count). The van der Waals surface area contributed by atoms with Gasteiger partial charge in [0.2, 0.25) is 5.75 Å². The largest absolute Gasteiger partial charge is 0.493 e. The summed E-state index contributed by atoms with van der Waals surface area (Å²) in [4.78, 5) is 33.5. The van der Waals surface area contributed by atoms with Crippen molar-refractivity contribution in [3.63, 3.8) is 0 Å². The van der Waals surface area contributed by atoms with E-state index in [9.17, 15) is 9.59 Å². The van der Waals surface area contributed by atoms with Gasteiger partial charge in [0.25, 0.3) is 11.5 Å². The fourth-order valence-electron chi connectivity index (χ4n) is 4.43. The van der Waals surface area contributed by atoms with Crippen LogP contribution in [-0.2, 0) is 4.79 Å². The van der Waals surface area contributed by atoms with E-state index in [2.05, 4.69) is 10.3 Å². The van der Waals surface area contributed by atoms with E-state index >= 15 is 0 Å². The zero-order valence-corrected chi connectivity index (χ0v) is 22.8. The van der Waals surface area contributed by atoms with E-state index in [0.29, 0.717) is 49.1 Å². The average molecular weight is 548 g/mol. The summed E-state index contributed by atoms with van der Waals surface area (Å²) in [5, 5.41) is 4.89. The van der Waals surface area contributed by atoms with Crippen LogP contribution in [0.25, 0.3) is 6.08 Å². The highest BCUT2D eigenvalue weighted by Gasteiger charge is 2.33. The molecule has 3 heterocycles. The van der Waals surface area contributed by atoms with Gasteiger partial charge in [-0.2, -0.15) is 0 Å². The number of benzene rings is 2. The molecule has 8 nitrogen and oxygen atoms in total. The van der Waals surface area contributed by atoms with Gasteiger partial charge >= 0.3 is 0 Å². The summed E-state index contributed by atoms with van der Waals surface area (Å²) in [6.45, 7) is 1.80. The molecule has 0 saturated heterocycles. The maximum atomic E-state index is 13.9. The third-order valence-corrected chi connectivity index (χ3v) is 8.04. The number of amides is 1. The van der Waals surface area contributed by atoms with E-state index in [4.69, 9.17) is 14.2 Å². The molecule has 10 heteroatoms. The van der Waals surface area contributed by atoms with Crippen LogP contribution in [0.3, 0.4) is 0 Å². The Labute approximate surface area is 226 Å². The lowest BCUT2D eigenvalue weighted by Gasteiger charge is -2.24. The van der Waals surface area contributed by atoms with Crippen molar-refractivity contribution >= 4 is 40.3 Å². The Kier molecular flexibility index (Phi) is 7.17. The highest BCUT2D eigenvalue weighted by Crippen LogP contribution is 2.40. The summed E-state index contributed by atoms with van der Waals surface area (Å²) in [6.07, 6.45) is 1.75. The van der Waals surface area contributed by atoms with Crippen LogP contribution >= 0.6 is 22.7 Å². The predicted octanol–water partition coefficient (Wildman–Crippen LogP) is 3.96. The first-order chi connectivity index (χ1) is 18.5. The monoisotopic (exact) mass is 547 g/mol. The Balaban J connectivity index is 1.66. The van der Waals surface area contributed by atoms with Crippen LogP contribution in [0.15, 0.2) is 81.0 Å². The molecule has 1 aliphatic rings. The van der Waals surface area contributed by atoms with E-state index < -0.39 is 6.04 Å². The number of nitrogens with one attached hydrogen (secondary N) is 1. The summed E-state index contributed by atoms with van der Waals surface area (Å²) >= 11 is 2.75. The van der Waals surface area contributed by atoms with E-state index in [0.717, 1.165) is 4.88 Å². The SMILES string of the molecule is COc1ccc(/C=c2/sc3n(c2=O)[C@@H](c2cccs2)C(C(=O)Nc2ccccc2)=C(C)N=3)c(OC)c1OC. The number of thiophene rings is 1. The van der Waals surface area contributed by atoms with Gasteiger partial charge in [-0.15, -0.1) is 11.3 Å². The lowest BCUT2D eigenvalue weighted by molar-refractivity contribution is -0.113. The summed E-state index contributed by atoms with van der Waals surface area (Å²) in [5.74, 6) is 1.10. The zero-order chi connectivity index (χ0) is 26.8. The minimum Gasteiger partial charge on any atom is -0.493 e. The second kappa shape index (κ2) is 10.7. The molecule has 1 amide bonds. The highest BCUT2D eigenvalue weighted by atomic mass is 32.1. The Morgan fingerprint density at radius 3 is 2.42 bits per heavy atom. The summed E-state index contributed by atoms with van der Waals surface area (Å²) in [6, 6.07) is 16.0. The van der Waals surface area contributed by atoms with Crippen LogP contribution in [0, 0.1) is 0 Å². The molecule has 0 radical (unpaired) electrons. The van der Waals surface area contributed by atoms with Crippen LogP contribution in [0.2, 0.25) is 0 Å². The lowest BCUT2D eigenvalue weighted by atomic mass is 10.0. The molecular weight excluding hydrogens is 522 g/mol. The number of para-hydroxylation sites is 1. The highest BCUT2D eigenvalue weighted by molar-refractivity contribution is 7.10. The van der Waals surface area contributed by atoms with E-state index in [1.54, 1.807) is 36.8 Å². The first-order valence-electron chi connectivity index (χ1n) is 11.7. The van der Waals surface area contributed by atoms with Crippen LogP contribution in [0.4, 0.5) is 5.69 Å². The number of aromatic nitrogens is 1. The molecule has 2 aromatic carbocycles. The molecule has 0 aliphatic carbocycles. The Hall–Kier alpha value is -4.15. The summed E-state index contributed by atoms with van der Waals surface area (Å²) in [5.41, 5.74) is 2.07. The van der Waals surface area contributed by atoms with Crippen molar-refractivity contribution in [1.82, 2.24) is 4.57 Å². The number of carbonyl (C=O) groups excluding carboxylic acids is 1. The number of hydrogen-bond acceptors (Lipinski definition) is 8. The van der Waals surface area contributed by atoms with Gasteiger partial charge < -0.3 is 19.5 Å². The predicted molar refractivity (Wildman–Crippen MR) is 149 cm³/mol. The topological polar surface area (TPSA) is 91.2 Å². The molecule has 4 aromatic rings. The molecule has 1 N–H and O–H groups in total. The van der Waals surface area contributed by atoms with Gasteiger partial charge in [0.15, 0.2) is 16.3 Å². The second-order valence-electron chi connectivity index (χ2n) is 8.34. The molecule has 194 valence electrons. The van der Waals surface area contributed by atoms with Gasteiger partial charge in [-0.1, -0.05) is 35.6 Å². The number of hydrogen-bond donors (Lipinski definition) is 1. The third kappa shape index (κ3) is 4.52. The molecule has 0 spiro atoms. The number of methoxy groups -OCH3 is 3. The molecule has 2 aromatic heterocycles. The molecule has 38 heavy (non-hydrogen) atoms. The number of ether oxygens (including phenoxy) is 3. The van der Waals surface area contributed by atoms with Crippen molar-refractivity contribution in [3.05, 3.63) is 101 Å². The number of carbonyl (C=O) groups is 1. The van der Waals surface area contributed by atoms with Gasteiger partial charge in [0.1, 0.15) is 6.04 Å². The average Bonchev–Trinajstić information content (AvgIpc) is 3.56. The Bertz CT molecular complexity index is 1700. The minimum atomic E-state index is -0.607. The molecule has 0 bridgehead atoms. The zero-order valence-electron chi connectivity index (χ0n) is 21.2. The molecule has 1 atom stereocenters. The van der Waals surface area contributed by atoms with Gasteiger partial charge in [-0.25, -0.2) is 4.99 Å². The van der Waals surface area contributed by atoms with Gasteiger partial charge in [0.05, 0.1) is 37.1 Å². The molecular formula is C28H25N3O5S2. The smallest absolute Gasteiger partial charge is 0.271 e. The first kappa shape index (κ1) is 25.5. The standard InChI is InChI=1S/C28H25N3O5S2/c1-16-22(26(32)30-18-9-6-5-7-10-18)23(20-11-8-14-37-20)31-27(33)21(38-28(31)29-16)15-17-12-13-19(34-2)25(36-4)24(17)35-3/h5-15,23H,1-4H3,(H,30,32)/b21-15+/t23-/m0/s1. The molecule has 0 unspecified atom stereocenters. The fraction of sp³-hybridized carbons (Fsp3) is 0.179. The number of anilines is 1. The lowest BCUT2D eigenvalue weighted by Crippen LogP contribution is -2.40. The van der Waals surface area contributed by atoms with Crippen LogP contribution in [-0.4, -0.2) is 31.8 Å². The number of nitrogens with zero attached hydrogens (tertiary/aromatic N) is 2. The van der Waals surface area contributed by atoms with Crippen LogP contribution < -0.4 is 34.4 Å². The maximum Gasteiger partial charge on any atom is 0.271 e. The number of rotatable bonds is 7. The van der Waals surface area contributed by atoms with E-state index in [1.165, 1.54) is 36.9 Å². The first-order valence-corrected chi connectivity index (χ1v) is 13.4. The number of allylic oxidation sites excluding steroid dienone is 1. The Morgan fingerprint density at radius 2 is 1.76 bits per heavy atom. The fourth-order valence-corrected chi connectivity index (χ4v) is 6.29.